The highest BCUT2D eigenvalue weighted by Gasteiger charge is 2.30. The molecule has 0 saturated carbocycles. The predicted octanol–water partition coefficient (Wildman–Crippen LogP) is 5.19. The Labute approximate surface area is 181 Å². The number of carbonyl (C=O) groups excluding carboxylic acids is 2. The fourth-order valence-corrected chi connectivity index (χ4v) is 5.51. The zero-order valence-corrected chi connectivity index (χ0v) is 19.4. The van der Waals surface area contributed by atoms with E-state index < -0.39 is 0 Å². The van der Waals surface area contributed by atoms with Gasteiger partial charge in [-0.2, -0.15) is 0 Å². The van der Waals surface area contributed by atoms with Crippen molar-refractivity contribution in [2.24, 2.45) is 0 Å². The summed E-state index contributed by atoms with van der Waals surface area (Å²) in [5.74, 6) is -0.559. The van der Waals surface area contributed by atoms with Crippen molar-refractivity contribution in [2.75, 3.05) is 18.5 Å². The Morgan fingerprint density at radius 3 is 2.67 bits per heavy atom. The molecule has 3 heterocycles. The third-order valence-electron chi connectivity index (χ3n) is 4.32. The van der Waals surface area contributed by atoms with Gasteiger partial charge in [-0.05, 0) is 60.8 Å². The smallest absolute Gasteiger partial charge is 0.341 e. The minimum Gasteiger partial charge on any atom is -0.462 e. The van der Waals surface area contributed by atoms with Crippen molar-refractivity contribution in [1.82, 2.24) is 4.90 Å². The average molecular weight is 494 g/mol. The topological polar surface area (TPSA) is 58.6 Å². The lowest BCUT2D eigenvalue weighted by atomic mass is 10.0. The number of carbonyl (C=O) groups is 2. The molecule has 0 aromatic carbocycles. The lowest BCUT2D eigenvalue weighted by Crippen LogP contribution is -2.35. The first-order valence-electron chi connectivity index (χ1n) is 8.53. The number of thiophene rings is 2. The van der Waals surface area contributed by atoms with E-state index in [9.17, 15) is 9.59 Å². The molecule has 1 aliphatic heterocycles. The Morgan fingerprint density at radius 2 is 2.07 bits per heavy atom. The Kier molecular flexibility index (Phi) is 7.88. The van der Waals surface area contributed by atoms with Crippen molar-refractivity contribution >= 4 is 67.9 Å². The molecule has 1 N–H and O–H groups in total. The van der Waals surface area contributed by atoms with E-state index in [0.717, 1.165) is 33.7 Å². The number of esters is 1. The minimum absolute atomic E-state index is 0. The van der Waals surface area contributed by atoms with Gasteiger partial charge in [-0.1, -0.05) is 0 Å². The molecule has 0 saturated heterocycles. The van der Waals surface area contributed by atoms with E-state index in [1.165, 1.54) is 22.7 Å². The average Bonchev–Trinajstić information content (AvgIpc) is 3.17. The summed E-state index contributed by atoms with van der Waals surface area (Å²) in [6.45, 7) is 8.14. The Hall–Kier alpha value is -0.930. The molecule has 3 rings (SSSR count). The summed E-state index contributed by atoms with van der Waals surface area (Å²) in [6, 6.07) is 4.05. The van der Waals surface area contributed by atoms with Crippen molar-refractivity contribution in [3.8, 4) is 0 Å². The van der Waals surface area contributed by atoms with Crippen molar-refractivity contribution in [2.45, 2.75) is 39.8 Å². The molecule has 2 aromatic heterocycles. The van der Waals surface area contributed by atoms with Crippen LogP contribution in [0.4, 0.5) is 5.00 Å². The molecule has 1 aliphatic rings. The van der Waals surface area contributed by atoms with Gasteiger partial charge in [0, 0.05) is 24.0 Å². The molecule has 27 heavy (non-hydrogen) atoms. The summed E-state index contributed by atoms with van der Waals surface area (Å²) < 4.78 is 6.15. The van der Waals surface area contributed by atoms with Gasteiger partial charge in [-0.3, -0.25) is 9.69 Å². The summed E-state index contributed by atoms with van der Waals surface area (Å²) in [4.78, 5) is 29.2. The van der Waals surface area contributed by atoms with E-state index in [2.05, 4.69) is 40.0 Å². The highest BCUT2D eigenvalue weighted by atomic mass is 79.9. The number of nitrogens with zero attached hydrogens (tertiary/aromatic N) is 1. The molecule has 0 bridgehead atoms. The Balaban J connectivity index is 0.00000261. The molecule has 0 radical (unpaired) electrons. The molecule has 5 nitrogen and oxygen atoms in total. The van der Waals surface area contributed by atoms with E-state index in [0.29, 0.717) is 28.1 Å². The zero-order chi connectivity index (χ0) is 18.8. The molecule has 0 atom stereocenters. The predicted molar refractivity (Wildman–Crippen MR) is 117 cm³/mol. The Morgan fingerprint density at radius 1 is 1.33 bits per heavy atom. The maximum Gasteiger partial charge on any atom is 0.341 e. The highest BCUT2D eigenvalue weighted by molar-refractivity contribution is 9.11. The van der Waals surface area contributed by atoms with Crippen LogP contribution < -0.4 is 5.32 Å². The maximum absolute atomic E-state index is 12.6. The molecule has 148 valence electrons. The maximum atomic E-state index is 12.6. The van der Waals surface area contributed by atoms with Gasteiger partial charge in [0.15, 0.2) is 0 Å². The van der Waals surface area contributed by atoms with Crippen molar-refractivity contribution in [1.29, 1.82) is 0 Å². The number of ether oxygens (including phenoxy) is 1. The zero-order valence-electron chi connectivity index (χ0n) is 15.3. The van der Waals surface area contributed by atoms with Crippen LogP contribution in [0, 0.1) is 0 Å². The fraction of sp³-hybridized carbons (Fsp3) is 0.444. The van der Waals surface area contributed by atoms with Crippen LogP contribution in [-0.2, 0) is 17.7 Å². The van der Waals surface area contributed by atoms with E-state index in [1.54, 1.807) is 13.0 Å². The second-order valence-electron chi connectivity index (χ2n) is 6.30. The molecule has 1 amide bonds. The second kappa shape index (κ2) is 9.52. The van der Waals surface area contributed by atoms with Crippen LogP contribution in [0.5, 0.6) is 0 Å². The summed E-state index contributed by atoms with van der Waals surface area (Å²) >= 11 is 6.22. The van der Waals surface area contributed by atoms with E-state index >= 15 is 0 Å². The quantitative estimate of drug-likeness (QED) is 0.582. The third kappa shape index (κ3) is 4.92. The first-order valence-corrected chi connectivity index (χ1v) is 11.0. The lowest BCUT2D eigenvalue weighted by Gasteiger charge is -2.30. The SMILES string of the molecule is CCOC(=O)c1c(NC(=O)c2ccc(Br)s2)sc2c1CCN(C(C)C)C2.Cl. The van der Waals surface area contributed by atoms with Crippen molar-refractivity contribution in [3.63, 3.8) is 0 Å². The normalized spacial score (nSPS) is 13.8. The summed E-state index contributed by atoms with van der Waals surface area (Å²) in [7, 11) is 0. The number of hydrogen-bond donors (Lipinski definition) is 1. The first-order chi connectivity index (χ1) is 12.4. The first kappa shape index (κ1) is 22.4. The van der Waals surface area contributed by atoms with Crippen molar-refractivity contribution in [3.05, 3.63) is 36.8 Å². The van der Waals surface area contributed by atoms with E-state index in [4.69, 9.17) is 4.74 Å². The summed E-state index contributed by atoms with van der Waals surface area (Å²) in [5, 5.41) is 3.52. The third-order valence-corrected chi connectivity index (χ3v) is 7.07. The molecule has 0 aliphatic carbocycles. The Bertz CT molecular complexity index is 835. The van der Waals surface area contributed by atoms with Crippen LogP contribution in [0.25, 0.3) is 0 Å². The van der Waals surface area contributed by atoms with Crippen LogP contribution >= 0.6 is 51.0 Å². The highest BCUT2D eigenvalue weighted by Crippen LogP contribution is 2.38. The van der Waals surface area contributed by atoms with Crippen LogP contribution in [0.2, 0.25) is 0 Å². The second-order valence-corrected chi connectivity index (χ2v) is 9.87. The molecular weight excluding hydrogens is 472 g/mol. The van der Waals surface area contributed by atoms with Gasteiger partial charge in [0.25, 0.3) is 5.91 Å². The minimum atomic E-state index is -0.356. The van der Waals surface area contributed by atoms with Crippen LogP contribution in [0.1, 0.15) is 51.2 Å². The van der Waals surface area contributed by atoms with Gasteiger partial charge in [0.05, 0.1) is 20.8 Å². The number of hydrogen-bond acceptors (Lipinski definition) is 6. The van der Waals surface area contributed by atoms with Crippen LogP contribution in [0.15, 0.2) is 15.9 Å². The fourth-order valence-electron chi connectivity index (χ4n) is 2.97. The molecule has 9 heteroatoms. The van der Waals surface area contributed by atoms with Gasteiger partial charge < -0.3 is 10.1 Å². The number of amides is 1. The molecular formula is C18H22BrClN2O3S2. The number of rotatable bonds is 5. The van der Waals surface area contributed by atoms with Gasteiger partial charge >= 0.3 is 5.97 Å². The molecule has 0 spiro atoms. The van der Waals surface area contributed by atoms with Gasteiger partial charge in [0.1, 0.15) is 5.00 Å². The van der Waals surface area contributed by atoms with Crippen LogP contribution in [-0.4, -0.2) is 36.0 Å². The van der Waals surface area contributed by atoms with E-state index in [1.807, 2.05) is 6.07 Å². The molecule has 0 fully saturated rings. The van der Waals surface area contributed by atoms with Gasteiger partial charge in [0.2, 0.25) is 0 Å². The van der Waals surface area contributed by atoms with Gasteiger partial charge in [-0.15, -0.1) is 35.1 Å². The van der Waals surface area contributed by atoms with Crippen molar-refractivity contribution < 1.29 is 14.3 Å². The monoisotopic (exact) mass is 492 g/mol. The summed E-state index contributed by atoms with van der Waals surface area (Å²) in [5.41, 5.74) is 1.55. The molecule has 0 unspecified atom stereocenters. The standard InChI is InChI=1S/C18H21BrN2O3S2.ClH/c1-4-24-18(23)15-11-7-8-21(10(2)3)9-13(11)26-17(15)20-16(22)12-5-6-14(19)25-12;/h5-6,10H,4,7-9H2,1-3H3,(H,20,22);1H. The lowest BCUT2D eigenvalue weighted by molar-refractivity contribution is 0.0526. The largest absolute Gasteiger partial charge is 0.462 e. The number of halogens is 2. The number of nitrogens with one attached hydrogen (secondary N) is 1. The van der Waals surface area contributed by atoms with Crippen LogP contribution in [0.3, 0.4) is 0 Å². The number of anilines is 1. The van der Waals surface area contributed by atoms with Gasteiger partial charge in [-0.25, -0.2) is 4.79 Å². The van der Waals surface area contributed by atoms with E-state index in [-0.39, 0.29) is 24.3 Å². The number of fused-ring (bicyclic) bond motifs is 1. The summed E-state index contributed by atoms with van der Waals surface area (Å²) in [6.07, 6.45) is 0.790. The molecule has 2 aromatic rings.